The fourth-order valence-corrected chi connectivity index (χ4v) is 2.94. The monoisotopic (exact) mass is 315 g/mol. The molecule has 24 heavy (non-hydrogen) atoms. The van der Waals surface area contributed by atoms with Gasteiger partial charge in [0.2, 0.25) is 0 Å². The molecule has 0 fully saturated rings. The van der Waals surface area contributed by atoms with Crippen molar-refractivity contribution in [1.29, 1.82) is 5.41 Å². The summed E-state index contributed by atoms with van der Waals surface area (Å²) in [4.78, 5) is 0. The lowest BCUT2D eigenvalue weighted by Gasteiger charge is -2.19. The van der Waals surface area contributed by atoms with Crippen molar-refractivity contribution in [3.8, 4) is 5.75 Å². The summed E-state index contributed by atoms with van der Waals surface area (Å²) >= 11 is 0. The van der Waals surface area contributed by atoms with Crippen molar-refractivity contribution in [3.63, 3.8) is 0 Å². The van der Waals surface area contributed by atoms with E-state index in [2.05, 4.69) is 19.1 Å². The lowest BCUT2D eigenvalue weighted by atomic mass is 9.86. The number of ether oxygens (including phenoxy) is 1. The highest BCUT2D eigenvalue weighted by Crippen LogP contribution is 2.31. The second-order valence-electron chi connectivity index (χ2n) is 5.83. The molecular weight excluding hydrogens is 294 g/mol. The van der Waals surface area contributed by atoms with E-state index in [1.807, 2.05) is 66.7 Å². The molecule has 2 nitrogen and oxygen atoms in total. The van der Waals surface area contributed by atoms with Gasteiger partial charge in [0.05, 0.1) is 12.8 Å². The Bertz CT molecular complexity index is 825. The third-order valence-electron chi connectivity index (χ3n) is 4.36. The van der Waals surface area contributed by atoms with Crippen LogP contribution in [0.15, 0.2) is 78.9 Å². The molecular formula is C22H21NO. The molecule has 0 radical (unpaired) electrons. The molecule has 0 aliphatic heterocycles. The molecule has 120 valence electrons. The number of benzene rings is 3. The highest BCUT2D eigenvalue weighted by molar-refractivity contribution is 6.12. The zero-order valence-electron chi connectivity index (χ0n) is 14.0. The van der Waals surface area contributed by atoms with Crippen LogP contribution in [0.1, 0.15) is 35.1 Å². The Labute approximate surface area is 143 Å². The minimum absolute atomic E-state index is 0.181. The maximum absolute atomic E-state index is 8.65. The van der Waals surface area contributed by atoms with Gasteiger partial charge in [-0.2, -0.15) is 0 Å². The van der Waals surface area contributed by atoms with E-state index in [9.17, 15) is 0 Å². The maximum Gasteiger partial charge on any atom is 0.119 e. The molecule has 1 atom stereocenters. The van der Waals surface area contributed by atoms with Crippen molar-refractivity contribution in [3.05, 3.63) is 101 Å². The van der Waals surface area contributed by atoms with Crippen molar-refractivity contribution >= 4 is 5.71 Å². The number of methoxy groups -OCH3 is 1. The topological polar surface area (TPSA) is 33.1 Å². The number of nitrogens with one attached hydrogen (secondary N) is 1. The van der Waals surface area contributed by atoms with Gasteiger partial charge < -0.3 is 4.74 Å². The molecule has 0 amide bonds. The summed E-state index contributed by atoms with van der Waals surface area (Å²) in [6.07, 6.45) is 0. The minimum atomic E-state index is 0.181. The minimum Gasteiger partial charge on any atom is -0.497 e. The summed E-state index contributed by atoms with van der Waals surface area (Å²) in [6, 6.07) is 26.2. The van der Waals surface area contributed by atoms with Crippen molar-refractivity contribution in [2.75, 3.05) is 7.11 Å². The molecule has 3 rings (SSSR count). The molecule has 3 aromatic carbocycles. The molecule has 0 bridgehead atoms. The largest absolute Gasteiger partial charge is 0.497 e. The zero-order valence-corrected chi connectivity index (χ0v) is 14.0. The Balaban J connectivity index is 2.08. The fraction of sp³-hybridized carbons (Fsp3) is 0.136. The van der Waals surface area contributed by atoms with Crippen molar-refractivity contribution in [2.45, 2.75) is 12.8 Å². The van der Waals surface area contributed by atoms with Gasteiger partial charge in [-0.05, 0) is 29.3 Å². The van der Waals surface area contributed by atoms with Gasteiger partial charge in [-0.1, -0.05) is 67.6 Å². The predicted molar refractivity (Wildman–Crippen MR) is 99.3 cm³/mol. The Morgan fingerprint density at radius 1 is 0.875 bits per heavy atom. The van der Waals surface area contributed by atoms with Crippen molar-refractivity contribution in [2.24, 2.45) is 0 Å². The van der Waals surface area contributed by atoms with Crippen LogP contribution in [-0.4, -0.2) is 12.8 Å². The lowest BCUT2D eigenvalue weighted by Crippen LogP contribution is -2.09. The van der Waals surface area contributed by atoms with Crippen molar-refractivity contribution in [1.82, 2.24) is 0 Å². The van der Waals surface area contributed by atoms with E-state index in [0.717, 1.165) is 22.4 Å². The molecule has 0 saturated carbocycles. The molecule has 0 aromatic heterocycles. The second kappa shape index (κ2) is 7.14. The summed E-state index contributed by atoms with van der Waals surface area (Å²) in [6.45, 7) is 2.17. The Kier molecular flexibility index (Phi) is 4.76. The average Bonchev–Trinajstić information content (AvgIpc) is 2.67. The first-order valence-corrected chi connectivity index (χ1v) is 8.08. The van der Waals surface area contributed by atoms with Crippen LogP contribution in [0, 0.1) is 5.41 Å². The molecule has 1 N–H and O–H groups in total. The zero-order chi connectivity index (χ0) is 16.9. The van der Waals surface area contributed by atoms with Gasteiger partial charge in [0.15, 0.2) is 0 Å². The molecule has 0 heterocycles. The highest BCUT2D eigenvalue weighted by Gasteiger charge is 2.17. The Morgan fingerprint density at radius 2 is 1.50 bits per heavy atom. The number of rotatable bonds is 5. The van der Waals surface area contributed by atoms with Crippen LogP contribution in [0.25, 0.3) is 0 Å². The van der Waals surface area contributed by atoms with E-state index in [1.165, 1.54) is 5.56 Å². The van der Waals surface area contributed by atoms with Gasteiger partial charge in [0.25, 0.3) is 0 Å². The fourth-order valence-electron chi connectivity index (χ4n) is 2.94. The van der Waals surface area contributed by atoms with Crippen LogP contribution in [0.4, 0.5) is 0 Å². The molecule has 0 saturated heterocycles. The summed E-state index contributed by atoms with van der Waals surface area (Å²) in [7, 11) is 1.68. The van der Waals surface area contributed by atoms with Crippen LogP contribution >= 0.6 is 0 Å². The van der Waals surface area contributed by atoms with Gasteiger partial charge in [0, 0.05) is 17.0 Å². The predicted octanol–water partition coefficient (Wildman–Crippen LogP) is 5.26. The Hall–Kier alpha value is -2.87. The SMILES string of the molecule is COc1ccc(C(=N)c2ccccc2)c(C(C)c2ccccc2)c1. The van der Waals surface area contributed by atoms with Crippen LogP contribution < -0.4 is 4.74 Å². The third-order valence-corrected chi connectivity index (χ3v) is 4.36. The second-order valence-corrected chi connectivity index (χ2v) is 5.83. The summed E-state index contributed by atoms with van der Waals surface area (Å²) in [5, 5.41) is 8.65. The summed E-state index contributed by atoms with van der Waals surface area (Å²) < 4.78 is 5.41. The smallest absolute Gasteiger partial charge is 0.119 e. The molecule has 0 aliphatic carbocycles. The van der Waals surface area contributed by atoms with Crippen LogP contribution in [0.3, 0.4) is 0 Å². The normalized spacial score (nSPS) is 11.8. The Morgan fingerprint density at radius 3 is 2.12 bits per heavy atom. The van der Waals surface area contributed by atoms with E-state index in [4.69, 9.17) is 10.1 Å². The molecule has 0 spiro atoms. The first kappa shape index (κ1) is 16.0. The molecule has 1 unspecified atom stereocenters. The van der Waals surface area contributed by atoms with Crippen LogP contribution in [0.2, 0.25) is 0 Å². The summed E-state index contributed by atoms with van der Waals surface area (Å²) in [5.41, 5.74) is 4.74. The van der Waals surface area contributed by atoms with E-state index in [0.29, 0.717) is 5.71 Å². The van der Waals surface area contributed by atoms with Gasteiger partial charge >= 0.3 is 0 Å². The standard InChI is InChI=1S/C22H21NO/c1-16(17-9-5-3-6-10-17)21-15-19(24-2)13-14-20(21)22(23)18-11-7-4-8-12-18/h3-16,23H,1-2H3. The first-order chi connectivity index (χ1) is 11.7. The van der Waals surface area contributed by atoms with Crippen LogP contribution in [-0.2, 0) is 0 Å². The van der Waals surface area contributed by atoms with Gasteiger partial charge in [-0.3, -0.25) is 5.41 Å². The van der Waals surface area contributed by atoms with Crippen LogP contribution in [0.5, 0.6) is 5.75 Å². The van der Waals surface area contributed by atoms with Gasteiger partial charge in [-0.25, -0.2) is 0 Å². The lowest BCUT2D eigenvalue weighted by molar-refractivity contribution is 0.414. The van der Waals surface area contributed by atoms with E-state index in [-0.39, 0.29) is 5.92 Å². The first-order valence-electron chi connectivity index (χ1n) is 8.08. The summed E-state index contributed by atoms with van der Waals surface area (Å²) in [5.74, 6) is 0.998. The maximum atomic E-state index is 8.65. The molecule has 3 aromatic rings. The van der Waals surface area contributed by atoms with E-state index < -0.39 is 0 Å². The van der Waals surface area contributed by atoms with Crippen molar-refractivity contribution < 1.29 is 4.74 Å². The number of hydrogen-bond acceptors (Lipinski definition) is 2. The average molecular weight is 315 g/mol. The van der Waals surface area contributed by atoms with E-state index in [1.54, 1.807) is 7.11 Å². The third kappa shape index (κ3) is 3.23. The quantitative estimate of drug-likeness (QED) is 0.640. The van der Waals surface area contributed by atoms with Gasteiger partial charge in [-0.15, -0.1) is 0 Å². The molecule has 2 heteroatoms. The highest BCUT2D eigenvalue weighted by atomic mass is 16.5. The molecule has 0 aliphatic rings. The number of hydrogen-bond donors (Lipinski definition) is 1. The van der Waals surface area contributed by atoms with E-state index >= 15 is 0 Å². The van der Waals surface area contributed by atoms with Gasteiger partial charge in [0.1, 0.15) is 5.75 Å².